The second-order valence-electron chi connectivity index (χ2n) is 4.83. The van der Waals surface area contributed by atoms with Gasteiger partial charge in [-0.2, -0.15) is 5.10 Å². The standard InChI is InChI=1S/C15H23N5O/c1-4-7-13-14(16-6-3)17-11-18-15(13)21-12-9-19-20(10-12)8-5-2/h9-11H,4-8H2,1-3H3,(H,16,17,18). The number of aromatic nitrogens is 4. The maximum absolute atomic E-state index is 5.90. The third kappa shape index (κ3) is 3.93. The molecule has 2 aromatic rings. The van der Waals surface area contributed by atoms with Gasteiger partial charge in [-0.1, -0.05) is 20.3 Å². The second kappa shape index (κ2) is 7.61. The molecule has 0 saturated carbocycles. The molecule has 2 aromatic heterocycles. The van der Waals surface area contributed by atoms with E-state index in [1.54, 1.807) is 6.20 Å². The molecule has 0 amide bonds. The monoisotopic (exact) mass is 289 g/mol. The highest BCUT2D eigenvalue weighted by Crippen LogP contribution is 2.27. The van der Waals surface area contributed by atoms with Crippen LogP contribution in [0.3, 0.4) is 0 Å². The fraction of sp³-hybridized carbons (Fsp3) is 0.533. The number of hydrogen-bond acceptors (Lipinski definition) is 5. The zero-order valence-electron chi connectivity index (χ0n) is 13.0. The lowest BCUT2D eigenvalue weighted by Gasteiger charge is -2.12. The normalized spacial score (nSPS) is 10.6. The van der Waals surface area contributed by atoms with Crippen molar-refractivity contribution in [1.82, 2.24) is 19.7 Å². The Balaban J connectivity index is 2.22. The van der Waals surface area contributed by atoms with E-state index >= 15 is 0 Å². The summed E-state index contributed by atoms with van der Waals surface area (Å²) >= 11 is 0. The highest BCUT2D eigenvalue weighted by atomic mass is 16.5. The van der Waals surface area contributed by atoms with E-state index < -0.39 is 0 Å². The molecule has 1 N–H and O–H groups in total. The predicted octanol–water partition coefficient (Wildman–Crippen LogP) is 3.26. The summed E-state index contributed by atoms with van der Waals surface area (Å²) in [7, 11) is 0. The van der Waals surface area contributed by atoms with Crippen molar-refractivity contribution < 1.29 is 4.74 Å². The van der Waals surface area contributed by atoms with Gasteiger partial charge in [0.1, 0.15) is 12.1 Å². The molecule has 0 aromatic carbocycles. The summed E-state index contributed by atoms with van der Waals surface area (Å²) in [5.41, 5.74) is 1.02. The molecule has 2 rings (SSSR count). The van der Waals surface area contributed by atoms with Crippen LogP contribution in [0.25, 0.3) is 0 Å². The van der Waals surface area contributed by atoms with Crippen molar-refractivity contribution in [3.63, 3.8) is 0 Å². The first-order chi connectivity index (χ1) is 10.3. The molecule has 0 atom stereocenters. The molecule has 21 heavy (non-hydrogen) atoms. The van der Waals surface area contributed by atoms with Crippen LogP contribution in [0.5, 0.6) is 11.6 Å². The molecule has 0 spiro atoms. The molecule has 0 aliphatic rings. The van der Waals surface area contributed by atoms with Crippen molar-refractivity contribution in [1.29, 1.82) is 0 Å². The summed E-state index contributed by atoms with van der Waals surface area (Å²) in [4.78, 5) is 8.58. The Morgan fingerprint density at radius 3 is 2.76 bits per heavy atom. The van der Waals surface area contributed by atoms with Crippen molar-refractivity contribution in [2.45, 2.75) is 46.6 Å². The van der Waals surface area contributed by atoms with Crippen molar-refractivity contribution in [3.05, 3.63) is 24.3 Å². The smallest absolute Gasteiger partial charge is 0.227 e. The highest BCUT2D eigenvalue weighted by Gasteiger charge is 2.13. The number of anilines is 1. The van der Waals surface area contributed by atoms with Crippen LogP contribution in [0.4, 0.5) is 5.82 Å². The average Bonchev–Trinajstić information content (AvgIpc) is 2.90. The third-order valence-electron chi connectivity index (χ3n) is 3.03. The third-order valence-corrected chi connectivity index (χ3v) is 3.03. The number of hydrogen-bond donors (Lipinski definition) is 1. The lowest BCUT2D eigenvalue weighted by atomic mass is 10.1. The molecule has 0 unspecified atom stereocenters. The first-order valence-electron chi connectivity index (χ1n) is 7.56. The van der Waals surface area contributed by atoms with Crippen LogP contribution < -0.4 is 10.1 Å². The molecule has 2 heterocycles. The first kappa shape index (κ1) is 15.3. The van der Waals surface area contributed by atoms with Crippen LogP contribution >= 0.6 is 0 Å². The van der Waals surface area contributed by atoms with Crippen molar-refractivity contribution in [2.24, 2.45) is 0 Å². The number of rotatable bonds is 8. The van der Waals surface area contributed by atoms with Crippen molar-refractivity contribution in [3.8, 4) is 11.6 Å². The number of nitrogens with one attached hydrogen (secondary N) is 1. The lowest BCUT2D eigenvalue weighted by molar-refractivity contribution is 0.453. The van der Waals surface area contributed by atoms with Gasteiger partial charge < -0.3 is 10.1 Å². The Morgan fingerprint density at radius 1 is 1.19 bits per heavy atom. The number of nitrogens with zero attached hydrogens (tertiary/aromatic N) is 4. The van der Waals surface area contributed by atoms with Gasteiger partial charge in [0, 0.05) is 13.1 Å². The van der Waals surface area contributed by atoms with Gasteiger partial charge in [-0.3, -0.25) is 4.68 Å². The Hall–Kier alpha value is -2.11. The van der Waals surface area contributed by atoms with Gasteiger partial charge >= 0.3 is 0 Å². The second-order valence-corrected chi connectivity index (χ2v) is 4.83. The molecule has 0 aliphatic carbocycles. The number of ether oxygens (including phenoxy) is 1. The summed E-state index contributed by atoms with van der Waals surface area (Å²) in [5.74, 6) is 2.17. The van der Waals surface area contributed by atoms with Gasteiger partial charge in [-0.05, 0) is 19.8 Å². The SMILES string of the molecule is CCCc1c(NCC)ncnc1Oc1cnn(CCC)c1. The molecular formula is C15H23N5O. The average molecular weight is 289 g/mol. The molecule has 6 heteroatoms. The Kier molecular flexibility index (Phi) is 5.54. The van der Waals surface area contributed by atoms with Crippen LogP contribution in [0.2, 0.25) is 0 Å². The van der Waals surface area contributed by atoms with Gasteiger partial charge in [0.15, 0.2) is 5.75 Å². The van der Waals surface area contributed by atoms with Crippen LogP contribution in [0.15, 0.2) is 18.7 Å². The molecule has 0 radical (unpaired) electrons. The van der Waals surface area contributed by atoms with Crippen LogP contribution in [0.1, 0.15) is 39.2 Å². The van der Waals surface area contributed by atoms with Crippen molar-refractivity contribution >= 4 is 5.82 Å². The van der Waals surface area contributed by atoms with Gasteiger partial charge in [0.05, 0.1) is 18.0 Å². The Bertz CT molecular complexity index is 567. The zero-order valence-corrected chi connectivity index (χ0v) is 13.0. The van der Waals surface area contributed by atoms with E-state index in [-0.39, 0.29) is 0 Å². The van der Waals surface area contributed by atoms with Crippen LogP contribution in [0, 0.1) is 0 Å². The van der Waals surface area contributed by atoms with Gasteiger partial charge in [0.25, 0.3) is 0 Å². The largest absolute Gasteiger partial charge is 0.435 e. The zero-order chi connectivity index (χ0) is 15.1. The fourth-order valence-electron chi connectivity index (χ4n) is 2.14. The van der Waals surface area contributed by atoms with Crippen LogP contribution in [-0.2, 0) is 13.0 Å². The first-order valence-corrected chi connectivity index (χ1v) is 7.56. The van der Waals surface area contributed by atoms with Crippen molar-refractivity contribution in [2.75, 3.05) is 11.9 Å². The Morgan fingerprint density at radius 2 is 2.05 bits per heavy atom. The van der Waals surface area contributed by atoms with E-state index in [0.717, 1.165) is 43.7 Å². The summed E-state index contributed by atoms with van der Waals surface area (Å²) in [6.07, 6.45) is 8.08. The molecule has 0 aliphatic heterocycles. The van der Waals surface area contributed by atoms with Crippen LogP contribution in [-0.4, -0.2) is 26.3 Å². The summed E-state index contributed by atoms with van der Waals surface area (Å²) < 4.78 is 7.78. The van der Waals surface area contributed by atoms with Gasteiger partial charge in [-0.15, -0.1) is 0 Å². The van der Waals surface area contributed by atoms with E-state index in [1.807, 2.05) is 17.8 Å². The van der Waals surface area contributed by atoms with E-state index in [4.69, 9.17) is 4.74 Å². The predicted molar refractivity (Wildman–Crippen MR) is 82.8 cm³/mol. The fourth-order valence-corrected chi connectivity index (χ4v) is 2.14. The molecule has 0 bridgehead atoms. The summed E-state index contributed by atoms with van der Waals surface area (Å²) in [5, 5.41) is 7.53. The minimum atomic E-state index is 0.610. The molecule has 6 nitrogen and oxygen atoms in total. The highest BCUT2D eigenvalue weighted by molar-refractivity contribution is 5.49. The molecule has 114 valence electrons. The van der Waals surface area contributed by atoms with E-state index in [9.17, 15) is 0 Å². The topological polar surface area (TPSA) is 64.9 Å². The maximum Gasteiger partial charge on any atom is 0.227 e. The van der Waals surface area contributed by atoms with E-state index in [2.05, 4.69) is 34.2 Å². The minimum absolute atomic E-state index is 0.610. The molecule has 0 saturated heterocycles. The minimum Gasteiger partial charge on any atom is -0.435 e. The lowest BCUT2D eigenvalue weighted by Crippen LogP contribution is -2.06. The molecular weight excluding hydrogens is 266 g/mol. The Labute approximate surface area is 125 Å². The van der Waals surface area contributed by atoms with E-state index in [1.165, 1.54) is 6.33 Å². The van der Waals surface area contributed by atoms with E-state index in [0.29, 0.717) is 11.6 Å². The maximum atomic E-state index is 5.90. The quantitative estimate of drug-likeness (QED) is 0.808. The summed E-state index contributed by atoms with van der Waals surface area (Å²) in [6.45, 7) is 8.01. The summed E-state index contributed by atoms with van der Waals surface area (Å²) in [6, 6.07) is 0. The van der Waals surface area contributed by atoms with Gasteiger partial charge in [-0.25, -0.2) is 9.97 Å². The van der Waals surface area contributed by atoms with Gasteiger partial charge in [0.2, 0.25) is 5.88 Å². The molecule has 0 fully saturated rings. The number of aryl methyl sites for hydroxylation is 1.